The van der Waals surface area contributed by atoms with Crippen LogP contribution in [0, 0.1) is 0 Å². The third-order valence-electron chi connectivity index (χ3n) is 10.6. The van der Waals surface area contributed by atoms with Crippen molar-refractivity contribution in [3.63, 3.8) is 0 Å². The molecule has 10 aromatic rings. The molecule has 4 nitrogen and oxygen atoms in total. The van der Waals surface area contributed by atoms with Crippen LogP contribution in [0.3, 0.4) is 0 Å². The van der Waals surface area contributed by atoms with Gasteiger partial charge in [0.05, 0.1) is 33.5 Å². The lowest BCUT2D eigenvalue weighted by Gasteiger charge is -2.12. The Morgan fingerprint density at radius 1 is 0.365 bits per heavy atom. The SMILES string of the molecule is Cn1c(-c2ccc(-c3ccc(-c4c(-c5ccccc5)c5cc6cccnc6cc5n4C)cc3)cc2)c(-c2ccccc2)c2cc3cccnc3cc21. The Labute approximate surface area is 301 Å². The first-order chi connectivity index (χ1) is 25.6. The normalized spacial score (nSPS) is 11.7. The Balaban J connectivity index is 1.06. The molecule has 246 valence electrons. The van der Waals surface area contributed by atoms with Gasteiger partial charge in [0.2, 0.25) is 0 Å². The van der Waals surface area contributed by atoms with E-state index in [1.54, 1.807) is 0 Å². The number of pyridine rings is 2. The van der Waals surface area contributed by atoms with Crippen LogP contribution in [-0.4, -0.2) is 19.1 Å². The van der Waals surface area contributed by atoms with Crippen LogP contribution in [0.25, 0.3) is 99.5 Å². The zero-order valence-corrected chi connectivity index (χ0v) is 29.0. The molecule has 0 radical (unpaired) electrons. The summed E-state index contributed by atoms with van der Waals surface area (Å²) in [4.78, 5) is 9.32. The summed E-state index contributed by atoms with van der Waals surface area (Å²) in [5.41, 5.74) is 16.4. The predicted molar refractivity (Wildman–Crippen MR) is 217 cm³/mol. The first kappa shape index (κ1) is 30.1. The van der Waals surface area contributed by atoms with E-state index < -0.39 is 0 Å². The average molecular weight is 667 g/mol. The van der Waals surface area contributed by atoms with E-state index in [0.717, 1.165) is 21.8 Å². The number of fused-ring (bicyclic) bond motifs is 4. The minimum Gasteiger partial charge on any atom is -0.343 e. The molecule has 0 aliphatic carbocycles. The summed E-state index contributed by atoms with van der Waals surface area (Å²) in [6.45, 7) is 0. The molecule has 52 heavy (non-hydrogen) atoms. The largest absolute Gasteiger partial charge is 0.343 e. The molecule has 4 heterocycles. The third kappa shape index (κ3) is 4.76. The molecule has 0 fully saturated rings. The molecule has 0 unspecified atom stereocenters. The summed E-state index contributed by atoms with van der Waals surface area (Å²) in [6.07, 6.45) is 3.73. The van der Waals surface area contributed by atoms with Crippen LogP contribution in [0.1, 0.15) is 0 Å². The summed E-state index contributed by atoms with van der Waals surface area (Å²) in [5, 5.41) is 4.76. The number of benzene rings is 6. The van der Waals surface area contributed by atoms with Crippen molar-refractivity contribution in [1.29, 1.82) is 0 Å². The van der Waals surface area contributed by atoms with E-state index in [0.29, 0.717) is 0 Å². The summed E-state index contributed by atoms with van der Waals surface area (Å²) in [7, 11) is 4.34. The lowest BCUT2D eigenvalue weighted by atomic mass is 9.95. The number of hydrogen-bond donors (Lipinski definition) is 0. The van der Waals surface area contributed by atoms with Crippen LogP contribution in [0.4, 0.5) is 0 Å². The van der Waals surface area contributed by atoms with Crippen LogP contribution in [0.2, 0.25) is 0 Å². The van der Waals surface area contributed by atoms with Crippen LogP contribution >= 0.6 is 0 Å². The topological polar surface area (TPSA) is 35.6 Å². The van der Waals surface area contributed by atoms with Crippen molar-refractivity contribution >= 4 is 43.6 Å². The molecular weight excluding hydrogens is 633 g/mol. The molecule has 4 heteroatoms. The first-order valence-electron chi connectivity index (χ1n) is 17.7. The van der Waals surface area contributed by atoms with E-state index >= 15 is 0 Å². The van der Waals surface area contributed by atoms with Crippen molar-refractivity contribution in [3.8, 4) is 55.9 Å². The average Bonchev–Trinajstić information content (AvgIpc) is 3.65. The Bertz CT molecular complexity index is 2730. The Morgan fingerprint density at radius 2 is 0.750 bits per heavy atom. The number of nitrogens with zero attached hydrogens (tertiary/aromatic N) is 4. The van der Waals surface area contributed by atoms with Gasteiger partial charge in [-0.15, -0.1) is 0 Å². The minimum atomic E-state index is 1.00. The van der Waals surface area contributed by atoms with E-state index in [1.807, 2.05) is 24.5 Å². The molecule has 6 aromatic carbocycles. The standard InChI is InChI=1S/C48H34N4/c1-51-43-29-41-37(15-9-25-49-41)27-39(43)45(33-11-5-3-6-12-33)47(51)35-21-17-31(18-22-35)32-19-23-36(24-20-32)48-46(34-13-7-4-8-14-34)40-28-38-16-10-26-50-42(38)30-44(40)52(48)2/h3-30H,1-2H3. The molecular formula is C48H34N4. The molecule has 0 N–H and O–H groups in total. The fourth-order valence-corrected chi connectivity index (χ4v) is 8.12. The number of hydrogen-bond acceptors (Lipinski definition) is 2. The zero-order chi connectivity index (χ0) is 34.8. The van der Waals surface area contributed by atoms with Crippen molar-refractivity contribution in [2.45, 2.75) is 0 Å². The van der Waals surface area contributed by atoms with Gasteiger partial charge in [-0.1, -0.05) is 121 Å². The van der Waals surface area contributed by atoms with Crippen molar-refractivity contribution < 1.29 is 0 Å². The fraction of sp³-hybridized carbons (Fsp3) is 0.0417. The molecule has 0 atom stereocenters. The van der Waals surface area contributed by atoms with Crippen LogP contribution in [0.15, 0.2) is 170 Å². The lowest BCUT2D eigenvalue weighted by molar-refractivity contribution is 0.979. The summed E-state index contributed by atoms with van der Waals surface area (Å²) < 4.78 is 4.64. The molecule has 0 saturated heterocycles. The van der Waals surface area contributed by atoms with Gasteiger partial charge in [0, 0.05) is 59.2 Å². The van der Waals surface area contributed by atoms with Gasteiger partial charge in [-0.25, -0.2) is 0 Å². The third-order valence-corrected chi connectivity index (χ3v) is 10.6. The van der Waals surface area contributed by atoms with Gasteiger partial charge in [-0.3, -0.25) is 9.97 Å². The Morgan fingerprint density at radius 3 is 1.15 bits per heavy atom. The monoisotopic (exact) mass is 666 g/mol. The molecule has 0 bridgehead atoms. The highest BCUT2D eigenvalue weighted by atomic mass is 15.0. The maximum absolute atomic E-state index is 4.66. The smallest absolute Gasteiger partial charge is 0.0723 e. The molecule has 0 spiro atoms. The quantitative estimate of drug-likeness (QED) is 0.183. The molecule has 0 amide bonds. The number of aryl methyl sites for hydroxylation is 2. The van der Waals surface area contributed by atoms with Gasteiger partial charge in [-0.05, 0) is 69.8 Å². The van der Waals surface area contributed by atoms with Crippen LogP contribution in [0.5, 0.6) is 0 Å². The summed E-state index contributed by atoms with van der Waals surface area (Å²) in [5.74, 6) is 0. The highest BCUT2D eigenvalue weighted by Crippen LogP contribution is 2.44. The van der Waals surface area contributed by atoms with Crippen LogP contribution in [-0.2, 0) is 14.1 Å². The van der Waals surface area contributed by atoms with E-state index in [9.17, 15) is 0 Å². The van der Waals surface area contributed by atoms with E-state index in [-0.39, 0.29) is 0 Å². The summed E-state index contributed by atoms with van der Waals surface area (Å²) in [6, 6.07) is 56.8. The second kappa shape index (κ2) is 11.9. The Kier molecular flexibility index (Phi) is 6.90. The lowest BCUT2D eigenvalue weighted by Crippen LogP contribution is -1.94. The van der Waals surface area contributed by atoms with Gasteiger partial charge in [0.1, 0.15) is 0 Å². The van der Waals surface area contributed by atoms with E-state index in [4.69, 9.17) is 0 Å². The second-order valence-corrected chi connectivity index (χ2v) is 13.6. The highest BCUT2D eigenvalue weighted by Gasteiger charge is 2.21. The van der Waals surface area contributed by atoms with Crippen molar-refractivity contribution in [2.24, 2.45) is 14.1 Å². The van der Waals surface area contributed by atoms with Crippen molar-refractivity contribution in [2.75, 3.05) is 0 Å². The van der Waals surface area contributed by atoms with Crippen molar-refractivity contribution in [3.05, 3.63) is 170 Å². The maximum atomic E-state index is 4.66. The van der Waals surface area contributed by atoms with Gasteiger partial charge >= 0.3 is 0 Å². The number of rotatable bonds is 5. The number of aromatic nitrogens is 4. The van der Waals surface area contributed by atoms with E-state index in [1.165, 1.54) is 77.7 Å². The predicted octanol–water partition coefficient (Wildman–Crippen LogP) is 12.1. The minimum absolute atomic E-state index is 1.00. The summed E-state index contributed by atoms with van der Waals surface area (Å²) >= 11 is 0. The maximum Gasteiger partial charge on any atom is 0.0723 e. The molecule has 0 saturated carbocycles. The Hall–Kier alpha value is -6.78. The van der Waals surface area contributed by atoms with Gasteiger partial charge in [0.25, 0.3) is 0 Å². The highest BCUT2D eigenvalue weighted by molar-refractivity contribution is 6.10. The van der Waals surface area contributed by atoms with Gasteiger partial charge in [-0.2, -0.15) is 0 Å². The van der Waals surface area contributed by atoms with E-state index in [2.05, 4.69) is 179 Å². The molecule has 10 rings (SSSR count). The van der Waals surface area contributed by atoms with Gasteiger partial charge in [0.15, 0.2) is 0 Å². The molecule has 4 aromatic heterocycles. The van der Waals surface area contributed by atoms with Crippen LogP contribution < -0.4 is 0 Å². The van der Waals surface area contributed by atoms with Crippen molar-refractivity contribution in [1.82, 2.24) is 19.1 Å². The zero-order valence-electron chi connectivity index (χ0n) is 29.0. The fourth-order valence-electron chi connectivity index (χ4n) is 8.12. The second-order valence-electron chi connectivity index (χ2n) is 13.6. The molecule has 0 aliphatic rings. The first-order valence-corrected chi connectivity index (χ1v) is 17.7. The van der Waals surface area contributed by atoms with Gasteiger partial charge < -0.3 is 9.13 Å². The molecule has 0 aliphatic heterocycles.